The average Bonchev–Trinajstić information content (AvgIpc) is 2.54. The summed E-state index contributed by atoms with van der Waals surface area (Å²) in [5, 5.41) is 0. The molecule has 2 aromatic heterocycles. The fraction of sp³-hybridized carbons (Fsp3) is 0.467. The molecule has 21 heavy (non-hydrogen) atoms. The van der Waals surface area contributed by atoms with Gasteiger partial charge in [0.05, 0.1) is 12.8 Å². The van der Waals surface area contributed by atoms with Gasteiger partial charge in [-0.25, -0.2) is 15.0 Å². The summed E-state index contributed by atoms with van der Waals surface area (Å²) < 4.78 is 5.69. The molecule has 0 spiro atoms. The molecule has 1 saturated heterocycles. The van der Waals surface area contributed by atoms with Crippen molar-refractivity contribution in [3.8, 4) is 5.88 Å². The van der Waals surface area contributed by atoms with E-state index in [9.17, 15) is 0 Å². The van der Waals surface area contributed by atoms with Gasteiger partial charge in [-0.1, -0.05) is 0 Å². The first-order valence-corrected chi connectivity index (χ1v) is 7.23. The molecule has 0 saturated carbocycles. The second-order valence-corrected chi connectivity index (χ2v) is 5.30. The largest absolute Gasteiger partial charge is 0.476 e. The van der Waals surface area contributed by atoms with Crippen molar-refractivity contribution in [3.63, 3.8) is 0 Å². The second kappa shape index (κ2) is 6.47. The molecule has 3 heterocycles. The highest BCUT2D eigenvalue weighted by atomic mass is 16.5. The molecule has 0 bridgehead atoms. The van der Waals surface area contributed by atoms with Crippen molar-refractivity contribution in [1.29, 1.82) is 0 Å². The van der Waals surface area contributed by atoms with Crippen molar-refractivity contribution in [2.24, 2.45) is 5.92 Å². The molecule has 3 rings (SSSR count). The number of hydrogen-bond acceptors (Lipinski definition) is 6. The van der Waals surface area contributed by atoms with Gasteiger partial charge < -0.3 is 9.64 Å². The molecule has 0 aromatic carbocycles. The zero-order valence-electron chi connectivity index (χ0n) is 12.1. The van der Waals surface area contributed by atoms with Crippen LogP contribution >= 0.6 is 0 Å². The zero-order chi connectivity index (χ0) is 14.5. The van der Waals surface area contributed by atoms with Crippen LogP contribution in [0.15, 0.2) is 31.0 Å². The Kier molecular flexibility index (Phi) is 4.23. The van der Waals surface area contributed by atoms with Crippen LogP contribution < -0.4 is 9.64 Å². The molecule has 0 unspecified atom stereocenters. The van der Waals surface area contributed by atoms with E-state index in [0.29, 0.717) is 18.4 Å². The van der Waals surface area contributed by atoms with Crippen molar-refractivity contribution in [2.75, 3.05) is 24.6 Å². The average molecular weight is 285 g/mol. The van der Waals surface area contributed by atoms with Crippen molar-refractivity contribution >= 4 is 5.82 Å². The smallest absolute Gasteiger partial charge is 0.232 e. The molecule has 110 valence electrons. The Labute approximate surface area is 124 Å². The van der Waals surface area contributed by atoms with E-state index in [2.05, 4.69) is 24.8 Å². The Morgan fingerprint density at radius 1 is 1.19 bits per heavy atom. The van der Waals surface area contributed by atoms with Gasteiger partial charge in [0, 0.05) is 37.2 Å². The van der Waals surface area contributed by atoms with Crippen LogP contribution in [0.2, 0.25) is 0 Å². The van der Waals surface area contributed by atoms with E-state index in [4.69, 9.17) is 4.74 Å². The van der Waals surface area contributed by atoms with Crippen LogP contribution in [0.25, 0.3) is 0 Å². The van der Waals surface area contributed by atoms with Gasteiger partial charge in [0.1, 0.15) is 12.1 Å². The van der Waals surface area contributed by atoms with Gasteiger partial charge in [0.25, 0.3) is 0 Å². The SMILES string of the molecule is Cc1cc(N2CCC(COc3cnccn3)CC2)ncn1. The summed E-state index contributed by atoms with van der Waals surface area (Å²) in [4.78, 5) is 18.9. The third-order valence-corrected chi connectivity index (χ3v) is 3.73. The van der Waals surface area contributed by atoms with Crippen LogP contribution in [0.3, 0.4) is 0 Å². The standard InChI is InChI=1S/C15H19N5O/c1-12-8-14(19-11-18-12)20-6-2-13(3-7-20)10-21-15-9-16-4-5-17-15/h4-5,8-9,11,13H,2-3,6-7,10H2,1H3. The summed E-state index contributed by atoms with van der Waals surface area (Å²) >= 11 is 0. The molecule has 0 aliphatic carbocycles. The Hall–Kier alpha value is -2.24. The molecule has 0 radical (unpaired) electrons. The van der Waals surface area contributed by atoms with Gasteiger partial charge in [-0.3, -0.25) is 4.98 Å². The maximum atomic E-state index is 5.69. The highest BCUT2D eigenvalue weighted by Crippen LogP contribution is 2.22. The molecule has 6 heteroatoms. The molecule has 1 fully saturated rings. The molecule has 2 aromatic rings. The highest BCUT2D eigenvalue weighted by Gasteiger charge is 2.21. The first-order valence-electron chi connectivity index (χ1n) is 7.23. The van der Waals surface area contributed by atoms with Crippen molar-refractivity contribution in [3.05, 3.63) is 36.7 Å². The molecule has 1 aliphatic rings. The number of anilines is 1. The molecular weight excluding hydrogens is 266 g/mol. The van der Waals surface area contributed by atoms with Crippen molar-refractivity contribution < 1.29 is 4.74 Å². The predicted molar refractivity (Wildman–Crippen MR) is 79.2 cm³/mol. The van der Waals surface area contributed by atoms with Gasteiger partial charge >= 0.3 is 0 Å². The van der Waals surface area contributed by atoms with E-state index in [1.807, 2.05) is 13.0 Å². The Bertz CT molecular complexity index is 569. The number of aryl methyl sites for hydroxylation is 1. The first-order chi connectivity index (χ1) is 10.3. The minimum absolute atomic E-state index is 0.561. The monoisotopic (exact) mass is 285 g/mol. The van der Waals surface area contributed by atoms with E-state index < -0.39 is 0 Å². The topological polar surface area (TPSA) is 64.0 Å². The fourth-order valence-electron chi connectivity index (χ4n) is 2.51. The lowest BCUT2D eigenvalue weighted by Crippen LogP contribution is -2.36. The normalized spacial score (nSPS) is 16.0. The number of rotatable bonds is 4. The van der Waals surface area contributed by atoms with Crippen LogP contribution in [0, 0.1) is 12.8 Å². The van der Waals surface area contributed by atoms with E-state index in [-0.39, 0.29) is 0 Å². The number of aromatic nitrogens is 4. The van der Waals surface area contributed by atoms with Gasteiger partial charge in [-0.05, 0) is 25.7 Å². The maximum absolute atomic E-state index is 5.69. The molecule has 0 N–H and O–H groups in total. The predicted octanol–water partition coefficient (Wildman–Crippen LogP) is 1.87. The van der Waals surface area contributed by atoms with Crippen LogP contribution in [0.4, 0.5) is 5.82 Å². The minimum atomic E-state index is 0.561. The quantitative estimate of drug-likeness (QED) is 0.854. The van der Waals surface area contributed by atoms with Gasteiger partial charge in [-0.15, -0.1) is 0 Å². The number of piperidine rings is 1. The van der Waals surface area contributed by atoms with Gasteiger partial charge in [-0.2, -0.15) is 0 Å². The van der Waals surface area contributed by atoms with Gasteiger partial charge in [0.2, 0.25) is 5.88 Å². The summed E-state index contributed by atoms with van der Waals surface area (Å²) in [6.45, 7) is 4.71. The minimum Gasteiger partial charge on any atom is -0.476 e. The lowest BCUT2D eigenvalue weighted by Gasteiger charge is -2.32. The third kappa shape index (κ3) is 3.65. The van der Waals surface area contributed by atoms with Crippen molar-refractivity contribution in [1.82, 2.24) is 19.9 Å². The first kappa shape index (κ1) is 13.7. The third-order valence-electron chi connectivity index (χ3n) is 3.73. The van der Waals surface area contributed by atoms with Crippen LogP contribution in [0.5, 0.6) is 5.88 Å². The van der Waals surface area contributed by atoms with Crippen LogP contribution in [-0.4, -0.2) is 39.6 Å². The van der Waals surface area contributed by atoms with E-state index in [1.54, 1.807) is 24.9 Å². The van der Waals surface area contributed by atoms with Gasteiger partial charge in [0.15, 0.2) is 0 Å². The molecule has 0 amide bonds. The van der Waals surface area contributed by atoms with E-state index in [0.717, 1.165) is 37.4 Å². The fourth-order valence-corrected chi connectivity index (χ4v) is 2.51. The zero-order valence-corrected chi connectivity index (χ0v) is 12.1. The maximum Gasteiger partial charge on any atom is 0.232 e. The Balaban J connectivity index is 1.49. The summed E-state index contributed by atoms with van der Waals surface area (Å²) in [5.74, 6) is 2.19. The molecule has 0 atom stereocenters. The van der Waals surface area contributed by atoms with E-state index >= 15 is 0 Å². The van der Waals surface area contributed by atoms with Crippen LogP contribution in [-0.2, 0) is 0 Å². The molecule has 6 nitrogen and oxygen atoms in total. The summed E-state index contributed by atoms with van der Waals surface area (Å²) in [7, 11) is 0. The van der Waals surface area contributed by atoms with Crippen molar-refractivity contribution in [2.45, 2.75) is 19.8 Å². The Morgan fingerprint density at radius 2 is 2.05 bits per heavy atom. The summed E-state index contributed by atoms with van der Waals surface area (Å²) in [6.07, 6.45) is 8.78. The lowest BCUT2D eigenvalue weighted by molar-refractivity contribution is 0.215. The lowest BCUT2D eigenvalue weighted by atomic mass is 9.98. The second-order valence-electron chi connectivity index (χ2n) is 5.30. The number of ether oxygens (including phenoxy) is 1. The number of nitrogens with zero attached hydrogens (tertiary/aromatic N) is 5. The number of hydrogen-bond donors (Lipinski definition) is 0. The summed E-state index contributed by atoms with van der Waals surface area (Å²) in [6, 6.07) is 2.04. The summed E-state index contributed by atoms with van der Waals surface area (Å²) in [5.41, 5.74) is 1.01. The molecule has 1 aliphatic heterocycles. The van der Waals surface area contributed by atoms with Crippen LogP contribution in [0.1, 0.15) is 18.5 Å². The Morgan fingerprint density at radius 3 is 2.76 bits per heavy atom. The van der Waals surface area contributed by atoms with E-state index in [1.165, 1.54) is 0 Å². The highest BCUT2D eigenvalue weighted by molar-refractivity contribution is 5.38. The molecular formula is C15H19N5O.